The molecule has 1 aromatic carbocycles. The van der Waals surface area contributed by atoms with E-state index in [-0.39, 0.29) is 5.41 Å². The molecular formula is C15H18F4N2. The van der Waals surface area contributed by atoms with Gasteiger partial charge in [-0.25, -0.2) is 4.39 Å². The van der Waals surface area contributed by atoms with E-state index in [4.69, 9.17) is 0 Å². The summed E-state index contributed by atoms with van der Waals surface area (Å²) in [5.41, 5.74) is -0.365. The largest absolute Gasteiger partial charge is 0.419 e. The fourth-order valence-electron chi connectivity index (χ4n) is 3.45. The van der Waals surface area contributed by atoms with Gasteiger partial charge in [-0.15, -0.1) is 0 Å². The minimum absolute atomic E-state index is 0.285. The van der Waals surface area contributed by atoms with Gasteiger partial charge >= 0.3 is 6.18 Å². The van der Waals surface area contributed by atoms with Crippen LogP contribution in [0.25, 0.3) is 0 Å². The van der Waals surface area contributed by atoms with Gasteiger partial charge in [-0.1, -0.05) is 6.07 Å². The number of likely N-dealkylation sites (tertiary alicyclic amines) is 1. The van der Waals surface area contributed by atoms with Gasteiger partial charge in [0.1, 0.15) is 5.82 Å². The van der Waals surface area contributed by atoms with E-state index in [1.165, 1.54) is 6.07 Å². The third kappa shape index (κ3) is 3.06. The average Bonchev–Trinajstić information content (AvgIpc) is 3.02. The molecule has 2 nitrogen and oxygen atoms in total. The van der Waals surface area contributed by atoms with Crippen LogP contribution in [0.1, 0.15) is 24.0 Å². The molecule has 2 heterocycles. The summed E-state index contributed by atoms with van der Waals surface area (Å²) in [6, 6.07) is 3.30. The summed E-state index contributed by atoms with van der Waals surface area (Å²) in [7, 11) is 0. The monoisotopic (exact) mass is 302 g/mol. The van der Waals surface area contributed by atoms with Gasteiger partial charge in [-0.3, -0.25) is 4.90 Å². The second kappa shape index (κ2) is 5.25. The molecule has 1 aromatic rings. The molecule has 0 radical (unpaired) electrons. The van der Waals surface area contributed by atoms with Crippen LogP contribution >= 0.6 is 0 Å². The maximum absolute atomic E-state index is 13.3. The van der Waals surface area contributed by atoms with E-state index in [0.717, 1.165) is 51.2 Å². The average molecular weight is 302 g/mol. The van der Waals surface area contributed by atoms with Crippen LogP contribution in [0.2, 0.25) is 0 Å². The number of hydrogen-bond donors (Lipinski definition) is 1. The summed E-state index contributed by atoms with van der Waals surface area (Å²) >= 11 is 0. The molecule has 116 valence electrons. The lowest BCUT2D eigenvalue weighted by Crippen LogP contribution is -2.29. The SMILES string of the molecule is Fc1ccc(CN2CCC3(CCNC3)C2)cc1C(F)(F)F. The van der Waals surface area contributed by atoms with E-state index in [9.17, 15) is 17.6 Å². The molecule has 0 saturated carbocycles. The van der Waals surface area contributed by atoms with E-state index in [1.54, 1.807) is 0 Å². The van der Waals surface area contributed by atoms with E-state index in [2.05, 4.69) is 10.2 Å². The Bertz CT molecular complexity index is 521. The zero-order chi connectivity index (χ0) is 15.1. The van der Waals surface area contributed by atoms with Crippen LogP contribution in [-0.4, -0.2) is 31.1 Å². The summed E-state index contributed by atoms with van der Waals surface area (Å²) in [5.74, 6) is -1.20. The summed E-state index contributed by atoms with van der Waals surface area (Å²) in [6.45, 7) is 4.24. The zero-order valence-electron chi connectivity index (χ0n) is 11.6. The van der Waals surface area contributed by atoms with Crippen molar-refractivity contribution in [1.82, 2.24) is 10.2 Å². The number of rotatable bonds is 2. The zero-order valence-corrected chi connectivity index (χ0v) is 11.6. The van der Waals surface area contributed by atoms with E-state index in [1.807, 2.05) is 0 Å². The predicted molar refractivity (Wildman–Crippen MR) is 71.2 cm³/mol. The van der Waals surface area contributed by atoms with Crippen LogP contribution < -0.4 is 5.32 Å². The van der Waals surface area contributed by atoms with Gasteiger partial charge in [0.2, 0.25) is 0 Å². The molecule has 21 heavy (non-hydrogen) atoms. The second-order valence-electron chi connectivity index (χ2n) is 6.20. The molecular weight excluding hydrogens is 284 g/mol. The van der Waals surface area contributed by atoms with Crippen molar-refractivity contribution in [3.05, 3.63) is 35.1 Å². The first kappa shape index (κ1) is 14.8. The van der Waals surface area contributed by atoms with Gasteiger partial charge in [-0.2, -0.15) is 13.2 Å². The third-order valence-corrected chi connectivity index (χ3v) is 4.59. The van der Waals surface area contributed by atoms with Crippen LogP contribution in [0.15, 0.2) is 18.2 Å². The third-order valence-electron chi connectivity index (χ3n) is 4.59. The Kier molecular flexibility index (Phi) is 3.69. The predicted octanol–water partition coefficient (Wildman–Crippen LogP) is 3.03. The van der Waals surface area contributed by atoms with Crippen LogP contribution in [0.3, 0.4) is 0 Å². The van der Waals surface area contributed by atoms with E-state index in [0.29, 0.717) is 12.1 Å². The summed E-state index contributed by atoms with van der Waals surface area (Å²) in [5, 5.41) is 3.35. The standard InChI is InChI=1S/C15H18F4N2/c16-13-2-1-11(7-12(13)15(17,18)19)8-21-6-4-14(10-21)3-5-20-9-14/h1-2,7,20H,3-6,8-10H2. The molecule has 0 aromatic heterocycles. The molecule has 2 saturated heterocycles. The van der Waals surface area contributed by atoms with Crippen LogP contribution in [0.4, 0.5) is 17.6 Å². The van der Waals surface area contributed by atoms with Crippen molar-refractivity contribution in [2.75, 3.05) is 26.2 Å². The normalized spacial score (nSPS) is 26.9. The quantitative estimate of drug-likeness (QED) is 0.845. The van der Waals surface area contributed by atoms with E-state index >= 15 is 0 Å². The minimum Gasteiger partial charge on any atom is -0.316 e. The van der Waals surface area contributed by atoms with Gasteiger partial charge in [-0.05, 0) is 49.0 Å². The number of alkyl halides is 3. The molecule has 1 unspecified atom stereocenters. The number of halogens is 4. The second-order valence-corrected chi connectivity index (χ2v) is 6.20. The highest BCUT2D eigenvalue weighted by Gasteiger charge is 2.40. The number of nitrogens with zero attached hydrogens (tertiary/aromatic N) is 1. The highest BCUT2D eigenvalue weighted by Crippen LogP contribution is 2.37. The van der Waals surface area contributed by atoms with Gasteiger partial charge in [0.05, 0.1) is 5.56 Å². The van der Waals surface area contributed by atoms with Crippen LogP contribution in [0.5, 0.6) is 0 Å². The maximum atomic E-state index is 13.3. The van der Waals surface area contributed by atoms with Gasteiger partial charge in [0.25, 0.3) is 0 Å². The first-order valence-electron chi connectivity index (χ1n) is 7.17. The van der Waals surface area contributed by atoms with Crippen molar-refractivity contribution >= 4 is 0 Å². The van der Waals surface area contributed by atoms with Gasteiger partial charge < -0.3 is 5.32 Å². The lowest BCUT2D eigenvalue weighted by molar-refractivity contribution is -0.140. The Labute approximate surface area is 121 Å². The smallest absolute Gasteiger partial charge is 0.316 e. The Morgan fingerprint density at radius 3 is 2.71 bits per heavy atom. The molecule has 0 amide bonds. The number of nitrogens with one attached hydrogen (secondary N) is 1. The number of hydrogen-bond acceptors (Lipinski definition) is 2. The molecule has 1 spiro atoms. The molecule has 1 N–H and O–H groups in total. The van der Waals surface area contributed by atoms with Crippen LogP contribution in [0, 0.1) is 11.2 Å². The lowest BCUT2D eigenvalue weighted by atomic mass is 9.86. The summed E-state index contributed by atoms with van der Waals surface area (Å²) in [4.78, 5) is 2.17. The van der Waals surface area contributed by atoms with Crippen molar-refractivity contribution in [1.29, 1.82) is 0 Å². The minimum atomic E-state index is -4.64. The fourth-order valence-corrected chi connectivity index (χ4v) is 3.45. The molecule has 1 atom stereocenters. The Hall–Kier alpha value is -1.14. The highest BCUT2D eigenvalue weighted by atomic mass is 19.4. The highest BCUT2D eigenvalue weighted by molar-refractivity contribution is 5.27. The first-order valence-corrected chi connectivity index (χ1v) is 7.17. The fraction of sp³-hybridized carbons (Fsp3) is 0.600. The lowest BCUT2D eigenvalue weighted by Gasteiger charge is -2.23. The summed E-state index contributed by atoms with van der Waals surface area (Å²) in [6.07, 6.45) is -2.43. The molecule has 6 heteroatoms. The molecule has 2 aliphatic heterocycles. The molecule has 3 rings (SSSR count). The van der Waals surface area contributed by atoms with Crippen molar-refractivity contribution in [2.45, 2.75) is 25.6 Å². The Balaban J connectivity index is 1.71. The van der Waals surface area contributed by atoms with Crippen molar-refractivity contribution in [3.8, 4) is 0 Å². The van der Waals surface area contributed by atoms with Crippen molar-refractivity contribution < 1.29 is 17.6 Å². The number of benzene rings is 1. The molecule has 2 fully saturated rings. The first-order chi connectivity index (χ1) is 9.88. The van der Waals surface area contributed by atoms with Gasteiger partial charge in [0, 0.05) is 19.6 Å². The summed E-state index contributed by atoms with van der Waals surface area (Å²) < 4.78 is 51.4. The molecule has 0 bridgehead atoms. The molecule has 0 aliphatic carbocycles. The van der Waals surface area contributed by atoms with Crippen molar-refractivity contribution in [3.63, 3.8) is 0 Å². The van der Waals surface area contributed by atoms with E-state index < -0.39 is 17.6 Å². The Morgan fingerprint density at radius 2 is 2.05 bits per heavy atom. The van der Waals surface area contributed by atoms with Crippen molar-refractivity contribution in [2.24, 2.45) is 5.41 Å². The van der Waals surface area contributed by atoms with Crippen LogP contribution in [-0.2, 0) is 12.7 Å². The Morgan fingerprint density at radius 1 is 1.24 bits per heavy atom. The van der Waals surface area contributed by atoms with Gasteiger partial charge in [0.15, 0.2) is 0 Å². The topological polar surface area (TPSA) is 15.3 Å². The molecule has 2 aliphatic rings. The maximum Gasteiger partial charge on any atom is 0.419 e.